The number of rotatable bonds is 15. The molecule has 2 unspecified atom stereocenters. The van der Waals surface area contributed by atoms with Gasteiger partial charge in [-0.25, -0.2) is 0 Å². The second kappa shape index (κ2) is 16.0. The van der Waals surface area contributed by atoms with Crippen molar-refractivity contribution in [1.29, 1.82) is 0 Å². The van der Waals surface area contributed by atoms with Gasteiger partial charge in [-0.3, -0.25) is 4.79 Å². The summed E-state index contributed by atoms with van der Waals surface area (Å²) in [4.78, 5) is 11.8. The third-order valence-electron chi connectivity index (χ3n) is 4.02. The van der Waals surface area contributed by atoms with Gasteiger partial charge in [0.1, 0.15) is 0 Å². The molecule has 0 aromatic carbocycles. The molecule has 0 saturated heterocycles. The second-order valence-corrected chi connectivity index (χ2v) is 6.29. The van der Waals surface area contributed by atoms with Gasteiger partial charge in [0.05, 0.1) is 18.8 Å². The van der Waals surface area contributed by atoms with Crippen molar-refractivity contribution in [2.75, 3.05) is 6.61 Å². The number of allylic oxidation sites excluding steroid dienone is 1. The lowest BCUT2D eigenvalue weighted by molar-refractivity contribution is -0.123. The molecule has 0 bridgehead atoms. The molecule has 0 saturated carbocycles. The molecule has 0 fully saturated rings. The van der Waals surface area contributed by atoms with Crippen molar-refractivity contribution in [3.05, 3.63) is 12.2 Å². The first-order valence-corrected chi connectivity index (χ1v) is 9.40. The van der Waals surface area contributed by atoms with Crippen LogP contribution in [0.5, 0.6) is 0 Å². The Hall–Kier alpha value is -0.870. The summed E-state index contributed by atoms with van der Waals surface area (Å²) < 4.78 is 0. The van der Waals surface area contributed by atoms with Crippen molar-refractivity contribution in [3.8, 4) is 0 Å². The van der Waals surface area contributed by atoms with Crippen LogP contribution in [0.1, 0.15) is 84.5 Å². The van der Waals surface area contributed by atoms with E-state index >= 15 is 0 Å². The van der Waals surface area contributed by atoms with E-state index in [1.54, 1.807) is 6.08 Å². The van der Waals surface area contributed by atoms with Crippen LogP contribution in [0.15, 0.2) is 12.2 Å². The Morgan fingerprint density at radius 3 is 2.22 bits per heavy atom. The summed E-state index contributed by atoms with van der Waals surface area (Å²) >= 11 is 0. The number of carbonyl (C=O) groups excluding carboxylic acids is 1. The monoisotopic (exact) mass is 327 g/mol. The van der Waals surface area contributed by atoms with Gasteiger partial charge in [-0.1, -0.05) is 70.9 Å². The molecule has 1 amide bonds. The van der Waals surface area contributed by atoms with Crippen LogP contribution in [0.4, 0.5) is 0 Å². The van der Waals surface area contributed by atoms with Crippen LogP contribution in [0.3, 0.4) is 0 Å². The fourth-order valence-electron chi connectivity index (χ4n) is 2.47. The summed E-state index contributed by atoms with van der Waals surface area (Å²) in [7, 11) is 0. The highest BCUT2D eigenvalue weighted by atomic mass is 16.3. The Labute approximate surface area is 142 Å². The highest BCUT2D eigenvalue weighted by molar-refractivity contribution is 5.76. The number of nitrogens with one attached hydrogen (secondary N) is 1. The van der Waals surface area contributed by atoms with Gasteiger partial charge < -0.3 is 15.5 Å². The van der Waals surface area contributed by atoms with Gasteiger partial charge in [0.25, 0.3) is 0 Å². The molecular formula is C19H37NO3. The average molecular weight is 328 g/mol. The van der Waals surface area contributed by atoms with Crippen molar-refractivity contribution in [2.24, 2.45) is 0 Å². The smallest absolute Gasteiger partial charge is 0.220 e. The predicted octanol–water partition coefficient (Wildman–Crippen LogP) is 3.71. The van der Waals surface area contributed by atoms with Gasteiger partial charge in [0, 0.05) is 6.42 Å². The van der Waals surface area contributed by atoms with E-state index in [1.807, 2.05) is 6.08 Å². The third-order valence-corrected chi connectivity index (χ3v) is 4.02. The minimum atomic E-state index is -0.824. The van der Waals surface area contributed by atoms with Crippen LogP contribution < -0.4 is 5.32 Å². The molecule has 136 valence electrons. The Bertz CT molecular complexity index is 305. The number of hydrogen-bond acceptors (Lipinski definition) is 3. The van der Waals surface area contributed by atoms with E-state index in [4.69, 9.17) is 0 Å². The second-order valence-electron chi connectivity index (χ2n) is 6.29. The van der Waals surface area contributed by atoms with Crippen LogP contribution in [-0.4, -0.2) is 34.9 Å². The minimum Gasteiger partial charge on any atom is -0.394 e. The van der Waals surface area contributed by atoms with E-state index in [-0.39, 0.29) is 12.5 Å². The Morgan fingerprint density at radius 1 is 1.00 bits per heavy atom. The first-order valence-electron chi connectivity index (χ1n) is 9.40. The molecule has 3 N–H and O–H groups in total. The molecule has 0 radical (unpaired) electrons. The average Bonchev–Trinajstić information content (AvgIpc) is 2.55. The lowest BCUT2D eigenvalue weighted by Gasteiger charge is -2.19. The van der Waals surface area contributed by atoms with Crippen molar-refractivity contribution >= 4 is 5.91 Å². The van der Waals surface area contributed by atoms with Crippen molar-refractivity contribution in [1.82, 2.24) is 5.32 Å². The number of unbranched alkanes of at least 4 members (excludes halogenated alkanes) is 8. The summed E-state index contributed by atoms with van der Waals surface area (Å²) in [5.41, 5.74) is 0. The van der Waals surface area contributed by atoms with E-state index < -0.39 is 12.1 Å². The third kappa shape index (κ3) is 13.3. The Morgan fingerprint density at radius 2 is 1.61 bits per heavy atom. The molecule has 4 heteroatoms. The quantitative estimate of drug-likeness (QED) is 0.317. The van der Waals surface area contributed by atoms with Crippen molar-refractivity contribution in [2.45, 2.75) is 96.6 Å². The number of amides is 1. The summed E-state index contributed by atoms with van der Waals surface area (Å²) in [6.07, 6.45) is 14.5. The van der Waals surface area contributed by atoms with Gasteiger partial charge in [-0.05, 0) is 19.3 Å². The van der Waals surface area contributed by atoms with E-state index in [0.717, 1.165) is 38.5 Å². The molecule has 0 aliphatic rings. The number of carbonyl (C=O) groups is 1. The zero-order chi connectivity index (χ0) is 17.3. The molecule has 0 heterocycles. The summed E-state index contributed by atoms with van der Waals surface area (Å²) in [6.45, 7) is 4.08. The molecule has 0 rings (SSSR count). The molecule has 2 atom stereocenters. The molecule has 0 aromatic heterocycles. The van der Waals surface area contributed by atoms with Crippen molar-refractivity contribution < 1.29 is 15.0 Å². The predicted molar refractivity (Wildman–Crippen MR) is 96.3 cm³/mol. The first kappa shape index (κ1) is 22.1. The normalized spacial score (nSPS) is 14.1. The zero-order valence-corrected chi connectivity index (χ0v) is 15.1. The van der Waals surface area contributed by atoms with Gasteiger partial charge >= 0.3 is 0 Å². The van der Waals surface area contributed by atoms with Gasteiger partial charge in [0.15, 0.2) is 0 Å². The highest BCUT2D eigenvalue weighted by Crippen LogP contribution is 2.07. The summed E-state index contributed by atoms with van der Waals surface area (Å²) in [5.74, 6) is -0.0906. The number of aliphatic hydroxyl groups excluding tert-OH is 2. The lowest BCUT2D eigenvalue weighted by atomic mass is 10.1. The molecular weight excluding hydrogens is 290 g/mol. The molecule has 4 nitrogen and oxygen atoms in total. The van der Waals surface area contributed by atoms with E-state index in [9.17, 15) is 15.0 Å². The molecule has 0 spiro atoms. The fourth-order valence-corrected chi connectivity index (χ4v) is 2.47. The van der Waals surface area contributed by atoms with E-state index in [2.05, 4.69) is 19.2 Å². The maximum Gasteiger partial charge on any atom is 0.220 e. The Balaban J connectivity index is 3.91. The van der Waals surface area contributed by atoms with Crippen LogP contribution in [0.25, 0.3) is 0 Å². The van der Waals surface area contributed by atoms with Crippen molar-refractivity contribution in [3.63, 3.8) is 0 Å². The Kier molecular flexibility index (Phi) is 15.4. The zero-order valence-electron chi connectivity index (χ0n) is 15.1. The first-order chi connectivity index (χ1) is 11.2. The van der Waals surface area contributed by atoms with E-state index in [1.165, 1.54) is 25.7 Å². The molecule has 23 heavy (non-hydrogen) atoms. The van der Waals surface area contributed by atoms with Crippen LogP contribution in [0.2, 0.25) is 0 Å². The van der Waals surface area contributed by atoms with Crippen LogP contribution in [0, 0.1) is 0 Å². The van der Waals surface area contributed by atoms with Gasteiger partial charge in [-0.15, -0.1) is 0 Å². The minimum absolute atomic E-state index is 0.0906. The summed E-state index contributed by atoms with van der Waals surface area (Å²) in [5, 5.41) is 22.1. The van der Waals surface area contributed by atoms with Gasteiger partial charge in [-0.2, -0.15) is 0 Å². The van der Waals surface area contributed by atoms with E-state index in [0.29, 0.717) is 6.42 Å². The molecule has 0 aliphatic carbocycles. The van der Waals surface area contributed by atoms with Gasteiger partial charge in [0.2, 0.25) is 5.91 Å². The lowest BCUT2D eigenvalue weighted by Crippen LogP contribution is -2.45. The number of hydrogen-bond donors (Lipinski definition) is 3. The highest BCUT2D eigenvalue weighted by Gasteiger charge is 2.17. The van der Waals surface area contributed by atoms with Crippen LogP contribution in [-0.2, 0) is 4.79 Å². The fraction of sp³-hybridized carbons (Fsp3) is 0.842. The van der Waals surface area contributed by atoms with Crippen LogP contribution >= 0.6 is 0 Å². The SMILES string of the molecule is CCCCCCC/C=C/C(O)C(CO)NC(=O)CCCCCC. The summed E-state index contributed by atoms with van der Waals surface area (Å²) in [6, 6.07) is -0.606. The molecule has 0 aromatic rings. The maximum atomic E-state index is 11.8. The number of aliphatic hydroxyl groups is 2. The standard InChI is InChI=1S/C19H37NO3/c1-3-5-7-9-10-11-12-14-18(22)17(16-21)20-19(23)15-13-8-6-4-2/h12,14,17-18,21-22H,3-11,13,15-16H2,1-2H3,(H,20,23)/b14-12+. The maximum absolute atomic E-state index is 11.8. The largest absolute Gasteiger partial charge is 0.394 e. The molecule has 0 aliphatic heterocycles. The topological polar surface area (TPSA) is 69.6 Å².